The Morgan fingerprint density at radius 3 is 1.98 bits per heavy atom. The number of amides is 2. The highest BCUT2D eigenvalue weighted by molar-refractivity contribution is 6.07. The van der Waals surface area contributed by atoms with E-state index < -0.39 is 18.2 Å². The van der Waals surface area contributed by atoms with Gasteiger partial charge in [-0.2, -0.15) is 0 Å². The van der Waals surface area contributed by atoms with Crippen molar-refractivity contribution in [2.75, 3.05) is 44.7 Å². The molecule has 1 heterocycles. The van der Waals surface area contributed by atoms with Crippen molar-refractivity contribution in [3.63, 3.8) is 0 Å². The Bertz CT molecular complexity index is 1960. The average Bonchev–Trinajstić information content (AvgIpc) is 3.25. The van der Waals surface area contributed by atoms with E-state index in [0.717, 1.165) is 46.9 Å². The molecule has 2 aliphatic rings. The number of aromatic carboxylic acids is 1. The molecule has 0 atom stereocenters. The van der Waals surface area contributed by atoms with Crippen LogP contribution in [0.1, 0.15) is 134 Å². The Morgan fingerprint density at radius 1 is 0.817 bits per heavy atom. The highest BCUT2D eigenvalue weighted by atomic mass is 16.5. The monoisotopic (exact) mass is 827 g/mol. The molecule has 0 bridgehead atoms. The van der Waals surface area contributed by atoms with Gasteiger partial charge in [-0.1, -0.05) is 134 Å². The van der Waals surface area contributed by atoms with Gasteiger partial charge in [0.15, 0.2) is 13.2 Å². The van der Waals surface area contributed by atoms with Crippen molar-refractivity contribution in [3.8, 4) is 22.5 Å². The highest BCUT2D eigenvalue weighted by Gasteiger charge is 2.21. The lowest BCUT2D eigenvalue weighted by Crippen LogP contribution is -2.34. The number of nitrogens with zero attached hydrogens (tertiary/aromatic N) is 2. The fourth-order valence-electron chi connectivity index (χ4n) is 7.49. The van der Waals surface area contributed by atoms with Crippen molar-refractivity contribution >= 4 is 34.8 Å². The Morgan fingerprint density at radius 2 is 1.43 bits per heavy atom. The molecule has 1 aliphatic heterocycles. The zero-order chi connectivity index (χ0) is 43.5. The van der Waals surface area contributed by atoms with E-state index in [1.54, 1.807) is 24.4 Å². The average molecular weight is 827 g/mol. The van der Waals surface area contributed by atoms with Crippen molar-refractivity contribution in [2.45, 2.75) is 124 Å². The van der Waals surface area contributed by atoms with Gasteiger partial charge >= 0.3 is 12.2 Å². The Labute approximate surface area is 357 Å². The predicted molar refractivity (Wildman–Crippen MR) is 242 cm³/mol. The van der Waals surface area contributed by atoms with Crippen LogP contribution in [0.3, 0.4) is 0 Å². The smallest absolute Gasteiger partial charge is 0.407 e. The van der Waals surface area contributed by atoms with E-state index in [9.17, 15) is 19.5 Å². The summed E-state index contributed by atoms with van der Waals surface area (Å²) >= 11 is 0. The first-order valence-electron chi connectivity index (χ1n) is 22.3. The molecule has 3 N–H and O–H groups in total. The number of fused-ring (bicyclic) bond motifs is 2. The number of nitrogens with one attached hydrogen (secondary N) is 2. The molecule has 2 amide bonds. The van der Waals surface area contributed by atoms with E-state index in [2.05, 4.69) is 28.7 Å². The lowest BCUT2D eigenvalue weighted by atomic mass is 9.90. The normalized spacial score (nSPS) is 11.4. The first kappa shape index (κ1) is 49.0. The summed E-state index contributed by atoms with van der Waals surface area (Å²) in [5, 5.41) is 27.0. The molecule has 2 aromatic carbocycles. The lowest BCUT2D eigenvalue weighted by molar-refractivity contribution is -0.254. The quantitative estimate of drug-likeness (QED) is 0.0322. The maximum absolute atomic E-state index is 12.0. The number of carbonyl (C=O) groups excluding carboxylic acids is 2. The molecule has 0 spiro atoms. The van der Waals surface area contributed by atoms with Gasteiger partial charge in [0.25, 0.3) is 0 Å². The molecular weight excluding hydrogens is 757 g/mol. The maximum Gasteiger partial charge on any atom is 0.407 e. The number of benzene rings is 3. The zero-order valence-electron chi connectivity index (χ0n) is 36.7. The summed E-state index contributed by atoms with van der Waals surface area (Å²) in [5.41, 5.74) is 3.72. The summed E-state index contributed by atoms with van der Waals surface area (Å²) in [4.78, 5) is 35.7. The fourth-order valence-corrected chi connectivity index (χ4v) is 7.49. The third-order valence-electron chi connectivity index (χ3n) is 10.8. The third-order valence-corrected chi connectivity index (χ3v) is 10.8. The fraction of sp³-hybridized carbons (Fsp3) is 0.510. The van der Waals surface area contributed by atoms with E-state index in [1.165, 1.54) is 96.9 Å². The number of carboxylic acid groups (broad SMARTS) is 2. The van der Waals surface area contributed by atoms with E-state index in [0.29, 0.717) is 36.5 Å². The van der Waals surface area contributed by atoms with Crippen LogP contribution >= 0.6 is 0 Å². The molecule has 0 saturated heterocycles. The Hall–Kier alpha value is -5.32. The molecule has 60 heavy (non-hydrogen) atoms. The van der Waals surface area contributed by atoms with Crippen molar-refractivity contribution in [3.05, 3.63) is 84.4 Å². The van der Waals surface area contributed by atoms with Crippen LogP contribution < -0.4 is 30.6 Å². The number of alkyl carbamates (subject to hydrolysis) is 1. The van der Waals surface area contributed by atoms with E-state index in [4.69, 9.17) is 14.3 Å². The highest BCUT2D eigenvalue weighted by Crippen LogP contribution is 2.42. The number of rotatable bonds is 26. The molecular formula is C49H70N4O7. The van der Waals surface area contributed by atoms with Crippen LogP contribution in [0.5, 0.6) is 0 Å². The van der Waals surface area contributed by atoms with Crippen molar-refractivity contribution in [1.29, 1.82) is 0 Å². The van der Waals surface area contributed by atoms with Crippen LogP contribution in [0.4, 0.5) is 15.3 Å². The predicted octanol–water partition coefficient (Wildman–Crippen LogP) is 10.2. The number of hydrogen-bond donors (Lipinski definition) is 3. The molecule has 4 rings (SSSR count). The maximum atomic E-state index is 12.0. The van der Waals surface area contributed by atoms with Gasteiger partial charge in [-0.25, -0.2) is 14.2 Å². The van der Waals surface area contributed by atoms with Crippen molar-refractivity contribution < 1.29 is 33.8 Å². The minimum atomic E-state index is -1.24. The minimum absolute atomic E-state index is 0.109. The van der Waals surface area contributed by atoms with E-state index >= 15 is 0 Å². The standard InChI is InChI=1S/C30H31N3O5.C19H39NO2/c1-5-32(6-2)20-12-14-24-26(18-20)38-27-19-21(33(7-3)16-17-37-30(36)31-4)13-15-25(27)28(24)22-10-8-9-11-23(22)29(34)35;1-2-3-4-5-6-7-8-9-10-11-12-13-14-15-16-17-18-20-19(21)22/h5,8-15,18-19H,1,6-7,16-17H2,2-4H3,(H-,31,34,35,36);20H,2-18H2,1H3,(H,21,22). The van der Waals surface area contributed by atoms with Gasteiger partial charge in [-0.3, -0.25) is 0 Å². The molecule has 0 unspecified atom stereocenters. The summed E-state index contributed by atoms with van der Waals surface area (Å²) in [6.45, 7) is 13.0. The topological polar surface area (TPSA) is 147 Å². The number of carbonyl (C=O) groups is 3. The van der Waals surface area contributed by atoms with Crippen molar-refractivity contribution in [2.24, 2.45) is 0 Å². The lowest BCUT2D eigenvalue weighted by Gasteiger charge is -2.21. The molecule has 0 fully saturated rings. The molecule has 0 aromatic heterocycles. The van der Waals surface area contributed by atoms with Gasteiger partial charge in [0, 0.05) is 60.0 Å². The third kappa shape index (κ3) is 16.4. The van der Waals surface area contributed by atoms with Gasteiger partial charge in [0.2, 0.25) is 5.36 Å². The second-order valence-electron chi connectivity index (χ2n) is 15.1. The number of unbranched alkanes of at least 4 members (excludes halogenated alkanes) is 15. The molecule has 328 valence electrons. The zero-order valence-corrected chi connectivity index (χ0v) is 36.7. The molecule has 11 heteroatoms. The van der Waals surface area contributed by atoms with Gasteiger partial charge in [0.05, 0.1) is 12.0 Å². The Kier molecular flexibility index (Phi) is 23.1. The van der Waals surface area contributed by atoms with Crippen LogP contribution in [0, 0.1) is 0 Å². The number of likely N-dealkylation sites (N-methyl/N-ethyl adjacent to an activating group) is 1. The summed E-state index contributed by atoms with van der Waals surface area (Å²) < 4.78 is 13.7. The number of carboxylic acids is 1. The van der Waals surface area contributed by atoms with Gasteiger partial charge in [0.1, 0.15) is 17.9 Å². The summed E-state index contributed by atoms with van der Waals surface area (Å²) in [7, 11) is 1.52. The van der Waals surface area contributed by atoms with E-state index in [-0.39, 0.29) is 12.2 Å². The molecule has 0 saturated carbocycles. The molecule has 11 nitrogen and oxygen atoms in total. The summed E-state index contributed by atoms with van der Waals surface area (Å²) in [5.74, 6) is -0.643. The van der Waals surface area contributed by atoms with Crippen LogP contribution in [0.15, 0.2) is 77.9 Å². The second-order valence-corrected chi connectivity index (χ2v) is 15.1. The first-order valence-corrected chi connectivity index (χ1v) is 22.3. The molecule has 0 radical (unpaired) electrons. The van der Waals surface area contributed by atoms with E-state index in [1.807, 2.05) is 61.2 Å². The number of hydrogen-bond acceptors (Lipinski definition) is 7. The minimum Gasteiger partial charge on any atom is -0.545 e. The van der Waals surface area contributed by atoms with Crippen LogP contribution in [0.25, 0.3) is 33.4 Å². The number of ether oxygens (including phenoxy) is 1. The molecule has 2 aromatic rings. The largest absolute Gasteiger partial charge is 0.545 e. The van der Waals surface area contributed by atoms with Crippen molar-refractivity contribution in [1.82, 2.24) is 15.2 Å². The SMILES string of the molecule is C=CN(CC)c1ccc2c(-c3ccccc3C(=O)[O-])c3ccc(=[N+](CC)CCOC(=O)NC)cc-3oc2c1.CCCCCCCCCCCCCCCCCCNC(=O)O. The first-order chi connectivity index (χ1) is 29.2. The van der Waals surface area contributed by atoms with Crippen LogP contribution in [-0.2, 0) is 4.74 Å². The summed E-state index contributed by atoms with van der Waals surface area (Å²) in [6.07, 6.45) is 22.0. The Balaban J connectivity index is 0.000000375. The second kappa shape index (κ2) is 28.2. The molecule has 1 aliphatic carbocycles. The summed E-state index contributed by atoms with van der Waals surface area (Å²) in [6, 6.07) is 18.5. The van der Waals surface area contributed by atoms with Gasteiger partial charge in [-0.05, 0) is 50.2 Å². The van der Waals surface area contributed by atoms with Crippen LogP contribution in [0.2, 0.25) is 0 Å². The number of anilines is 1. The van der Waals surface area contributed by atoms with Gasteiger partial charge in [-0.15, -0.1) is 0 Å². The van der Waals surface area contributed by atoms with Crippen LogP contribution in [-0.4, -0.2) is 63.1 Å². The van der Waals surface area contributed by atoms with Gasteiger partial charge < -0.3 is 39.7 Å².